The maximum Gasteiger partial charge on any atom is 0.251 e. The summed E-state index contributed by atoms with van der Waals surface area (Å²) in [6.45, 7) is 5.80. The molecule has 0 fully saturated rings. The minimum atomic E-state index is -0.644. The number of benzene rings is 2. The Morgan fingerprint density at radius 3 is 2.55 bits per heavy atom. The van der Waals surface area contributed by atoms with Gasteiger partial charge in [0.15, 0.2) is 0 Å². The summed E-state index contributed by atoms with van der Waals surface area (Å²) < 4.78 is 0. The average molecular weight is 439 g/mol. The van der Waals surface area contributed by atoms with Crippen LogP contribution in [0, 0.1) is 12.8 Å². The topological polar surface area (TPSA) is 86.9 Å². The number of nitrogens with zero attached hydrogens (tertiary/aromatic N) is 1. The van der Waals surface area contributed by atoms with E-state index in [1.54, 1.807) is 17.8 Å². The van der Waals surface area contributed by atoms with Crippen molar-refractivity contribution >= 4 is 34.6 Å². The monoisotopic (exact) mass is 438 g/mol. The van der Waals surface area contributed by atoms with Gasteiger partial charge in [0, 0.05) is 5.56 Å². The Bertz CT molecular complexity index is 1010. The second-order valence-electron chi connectivity index (χ2n) is 8.05. The third-order valence-corrected chi connectivity index (χ3v) is 5.82. The summed E-state index contributed by atoms with van der Waals surface area (Å²) in [7, 11) is 0. The molecule has 3 rings (SSSR count). The van der Waals surface area contributed by atoms with Gasteiger partial charge in [-0.1, -0.05) is 43.7 Å². The van der Waals surface area contributed by atoms with Crippen molar-refractivity contribution in [2.75, 3.05) is 12.0 Å². The lowest BCUT2D eigenvalue weighted by Gasteiger charge is -2.25. The fraction of sp³-hybridized carbons (Fsp3) is 0.375. The number of para-hydroxylation sites is 2. The number of aryl methyl sites for hydroxylation is 1. The summed E-state index contributed by atoms with van der Waals surface area (Å²) in [5.41, 5.74) is 3.36. The van der Waals surface area contributed by atoms with E-state index in [1.165, 1.54) is 0 Å². The average Bonchev–Trinajstić information content (AvgIpc) is 3.18. The second-order valence-corrected chi connectivity index (χ2v) is 9.03. The largest absolute Gasteiger partial charge is 0.344 e. The summed E-state index contributed by atoms with van der Waals surface area (Å²) >= 11 is 1.72. The molecule has 0 saturated heterocycles. The molecule has 2 aromatic carbocycles. The number of amides is 2. The lowest BCUT2D eigenvalue weighted by Crippen LogP contribution is -2.50. The highest BCUT2D eigenvalue weighted by molar-refractivity contribution is 7.98. The van der Waals surface area contributed by atoms with Crippen molar-refractivity contribution in [3.05, 3.63) is 65.5 Å². The van der Waals surface area contributed by atoms with Crippen molar-refractivity contribution in [3.8, 4) is 0 Å². The number of thioether (sulfide) groups is 1. The molecule has 0 radical (unpaired) electrons. The molecule has 0 aliphatic heterocycles. The first kappa shape index (κ1) is 22.9. The highest BCUT2D eigenvalue weighted by atomic mass is 32.2. The molecule has 1 aromatic heterocycles. The van der Waals surface area contributed by atoms with Gasteiger partial charge < -0.3 is 15.6 Å². The molecule has 0 aliphatic carbocycles. The Morgan fingerprint density at radius 2 is 1.87 bits per heavy atom. The number of aromatic nitrogens is 2. The van der Waals surface area contributed by atoms with Gasteiger partial charge in [0.25, 0.3) is 5.91 Å². The fourth-order valence-electron chi connectivity index (χ4n) is 3.46. The zero-order valence-corrected chi connectivity index (χ0v) is 19.3. The number of fused-ring (bicyclic) bond motifs is 1. The summed E-state index contributed by atoms with van der Waals surface area (Å²) in [4.78, 5) is 34.0. The highest BCUT2D eigenvalue weighted by Gasteiger charge is 2.28. The third-order valence-electron chi connectivity index (χ3n) is 5.18. The first-order valence-corrected chi connectivity index (χ1v) is 11.9. The van der Waals surface area contributed by atoms with Crippen molar-refractivity contribution in [3.63, 3.8) is 0 Å². The number of rotatable bonds is 9. The number of hydrogen-bond donors (Lipinski definition) is 3. The Hall–Kier alpha value is -2.80. The number of H-pyrrole nitrogens is 1. The summed E-state index contributed by atoms with van der Waals surface area (Å²) in [6, 6.07) is 14.3. The highest BCUT2D eigenvalue weighted by Crippen LogP contribution is 2.21. The van der Waals surface area contributed by atoms with Crippen LogP contribution in [0.5, 0.6) is 0 Å². The molecule has 3 N–H and O–H groups in total. The SMILES string of the molecule is CSCC[C@H](NC(=O)[C@@H](NC(=O)c1cccc(C)c1)C(C)C)c1nc2ccccc2[nH]1. The van der Waals surface area contributed by atoms with Crippen molar-refractivity contribution in [2.45, 2.75) is 39.3 Å². The lowest BCUT2D eigenvalue weighted by molar-refractivity contribution is -0.124. The van der Waals surface area contributed by atoms with Crippen LogP contribution in [0.4, 0.5) is 0 Å². The quantitative estimate of drug-likeness (QED) is 0.466. The van der Waals surface area contributed by atoms with Gasteiger partial charge >= 0.3 is 0 Å². The van der Waals surface area contributed by atoms with Gasteiger partial charge in [0.1, 0.15) is 11.9 Å². The van der Waals surface area contributed by atoms with Crippen LogP contribution in [0.3, 0.4) is 0 Å². The number of carbonyl (C=O) groups is 2. The van der Waals surface area contributed by atoms with Crippen LogP contribution in [0.1, 0.15) is 48.1 Å². The molecular weight excluding hydrogens is 408 g/mol. The van der Waals surface area contributed by atoms with Gasteiger partial charge in [-0.2, -0.15) is 11.8 Å². The van der Waals surface area contributed by atoms with E-state index >= 15 is 0 Å². The van der Waals surface area contributed by atoms with E-state index in [0.717, 1.165) is 34.6 Å². The standard InChI is InChI=1S/C24H30N4O2S/c1-15(2)21(28-23(29)17-9-7-8-16(3)14-17)24(30)27-20(12-13-31-4)22-25-18-10-5-6-11-19(18)26-22/h5-11,14-15,20-21H,12-13H2,1-4H3,(H,25,26)(H,27,30)(H,28,29)/t20-,21-/m0/s1. The van der Waals surface area contributed by atoms with E-state index in [4.69, 9.17) is 0 Å². The number of carbonyl (C=O) groups excluding carboxylic acids is 2. The number of hydrogen-bond acceptors (Lipinski definition) is 4. The van der Waals surface area contributed by atoms with E-state index in [1.807, 2.05) is 69.5 Å². The summed E-state index contributed by atoms with van der Waals surface area (Å²) in [5.74, 6) is 1.09. The third kappa shape index (κ3) is 5.88. The van der Waals surface area contributed by atoms with E-state index < -0.39 is 6.04 Å². The van der Waals surface area contributed by atoms with Crippen LogP contribution >= 0.6 is 11.8 Å². The molecule has 164 valence electrons. The molecule has 1 heterocycles. The molecule has 7 heteroatoms. The molecule has 0 saturated carbocycles. The summed E-state index contributed by atoms with van der Waals surface area (Å²) in [6.07, 6.45) is 2.78. The second kappa shape index (κ2) is 10.5. The molecule has 0 aliphatic rings. The molecule has 2 atom stereocenters. The molecule has 0 unspecified atom stereocenters. The van der Waals surface area contributed by atoms with Gasteiger partial charge in [-0.25, -0.2) is 4.98 Å². The van der Waals surface area contributed by atoms with Crippen molar-refractivity contribution in [1.82, 2.24) is 20.6 Å². The fourth-order valence-corrected chi connectivity index (χ4v) is 3.93. The first-order chi connectivity index (χ1) is 14.9. The Labute approximate surface area is 187 Å². The van der Waals surface area contributed by atoms with Crippen LogP contribution < -0.4 is 10.6 Å². The van der Waals surface area contributed by atoms with Crippen molar-refractivity contribution < 1.29 is 9.59 Å². The first-order valence-electron chi connectivity index (χ1n) is 10.5. The van der Waals surface area contributed by atoms with Crippen LogP contribution in [0.15, 0.2) is 48.5 Å². The van der Waals surface area contributed by atoms with Gasteiger partial charge in [-0.15, -0.1) is 0 Å². The normalized spacial score (nSPS) is 13.2. The van der Waals surface area contributed by atoms with E-state index in [0.29, 0.717) is 5.56 Å². The maximum absolute atomic E-state index is 13.2. The molecule has 31 heavy (non-hydrogen) atoms. The lowest BCUT2D eigenvalue weighted by atomic mass is 10.0. The van der Waals surface area contributed by atoms with Crippen molar-refractivity contribution in [2.24, 2.45) is 5.92 Å². The van der Waals surface area contributed by atoms with Gasteiger partial charge in [-0.05, 0) is 55.5 Å². The molecule has 2 amide bonds. The number of nitrogens with one attached hydrogen (secondary N) is 3. The van der Waals surface area contributed by atoms with Crippen molar-refractivity contribution in [1.29, 1.82) is 0 Å². The minimum absolute atomic E-state index is 0.0642. The van der Waals surface area contributed by atoms with Crippen LogP contribution in [0.25, 0.3) is 11.0 Å². The zero-order valence-electron chi connectivity index (χ0n) is 18.4. The molecule has 0 spiro atoms. The van der Waals surface area contributed by atoms with Crippen LogP contribution in [-0.4, -0.2) is 39.8 Å². The number of aromatic amines is 1. The van der Waals surface area contributed by atoms with Gasteiger partial charge in [0.05, 0.1) is 17.1 Å². The zero-order chi connectivity index (χ0) is 22.4. The number of imidazole rings is 1. The van der Waals surface area contributed by atoms with E-state index in [9.17, 15) is 9.59 Å². The smallest absolute Gasteiger partial charge is 0.251 e. The van der Waals surface area contributed by atoms with Crippen LogP contribution in [0.2, 0.25) is 0 Å². The summed E-state index contributed by atoms with van der Waals surface area (Å²) in [5, 5.41) is 6.03. The maximum atomic E-state index is 13.2. The van der Waals surface area contributed by atoms with E-state index in [2.05, 4.69) is 20.6 Å². The minimum Gasteiger partial charge on any atom is -0.344 e. The van der Waals surface area contributed by atoms with Gasteiger partial charge in [-0.3, -0.25) is 9.59 Å². The van der Waals surface area contributed by atoms with Gasteiger partial charge in [0.2, 0.25) is 5.91 Å². The Balaban J connectivity index is 1.77. The molecule has 0 bridgehead atoms. The molecule has 6 nitrogen and oxygen atoms in total. The van der Waals surface area contributed by atoms with Crippen LogP contribution in [-0.2, 0) is 4.79 Å². The molecular formula is C24H30N4O2S. The van der Waals surface area contributed by atoms with E-state index in [-0.39, 0.29) is 23.8 Å². The Kier molecular flexibility index (Phi) is 7.74. The Morgan fingerprint density at radius 1 is 1.10 bits per heavy atom. The predicted octanol–water partition coefficient (Wildman–Crippen LogP) is 4.24. The molecule has 3 aromatic rings. The predicted molar refractivity (Wildman–Crippen MR) is 127 cm³/mol.